The zero-order valence-corrected chi connectivity index (χ0v) is 10.3. The number of para-hydroxylation sites is 1. The lowest BCUT2D eigenvalue weighted by atomic mass is 10.2. The van der Waals surface area contributed by atoms with Gasteiger partial charge in [0.25, 0.3) is 0 Å². The minimum absolute atomic E-state index is 0.101. The Hall–Kier alpha value is -2.57. The predicted molar refractivity (Wildman–Crippen MR) is 66.8 cm³/mol. The summed E-state index contributed by atoms with van der Waals surface area (Å²) in [5.74, 6) is -0.578. The molecule has 2 N–H and O–H groups in total. The van der Waals surface area contributed by atoms with Gasteiger partial charge in [0.05, 0.1) is 4.92 Å². The molecular weight excluding hydrogens is 250 g/mol. The molecule has 1 saturated heterocycles. The Morgan fingerprint density at radius 1 is 1.32 bits per heavy atom. The van der Waals surface area contributed by atoms with Gasteiger partial charge in [0, 0.05) is 13.1 Å². The van der Waals surface area contributed by atoms with Gasteiger partial charge in [-0.3, -0.25) is 10.1 Å². The van der Waals surface area contributed by atoms with Gasteiger partial charge in [0.2, 0.25) is 0 Å². The molecule has 1 aromatic carbocycles. The maximum absolute atomic E-state index is 11.9. The summed E-state index contributed by atoms with van der Waals surface area (Å²) in [4.78, 5) is 22.1. The lowest BCUT2D eigenvalue weighted by Gasteiger charge is -2.07. The second-order valence-corrected chi connectivity index (χ2v) is 3.99. The number of nitrogens with zero attached hydrogens (tertiary/aromatic N) is 1. The highest BCUT2D eigenvalue weighted by Gasteiger charge is 2.32. The third-order valence-corrected chi connectivity index (χ3v) is 2.64. The summed E-state index contributed by atoms with van der Waals surface area (Å²) in [6.07, 6.45) is 0. The Morgan fingerprint density at radius 2 is 1.95 bits per heavy atom. The van der Waals surface area contributed by atoms with Crippen molar-refractivity contribution in [1.29, 1.82) is 0 Å². The average molecular weight is 263 g/mol. The molecule has 2 rings (SSSR count). The van der Waals surface area contributed by atoms with E-state index in [2.05, 4.69) is 10.6 Å². The molecule has 0 radical (unpaired) electrons. The number of benzene rings is 1. The summed E-state index contributed by atoms with van der Waals surface area (Å²) in [5.41, 5.74) is 0.122. The Balaban J connectivity index is 2.25. The fraction of sp³-hybridized carbons (Fsp3) is 0.250. The van der Waals surface area contributed by atoms with Crippen LogP contribution >= 0.6 is 0 Å². The first kappa shape index (κ1) is 12.9. The topological polar surface area (TPSA) is 93.5 Å². The SMILES string of the molecule is Cc1ccccc1OC(=O)C(=C1NCCN1)[N+](=O)[O-]. The van der Waals surface area contributed by atoms with E-state index in [1.807, 2.05) is 0 Å². The highest BCUT2D eigenvalue weighted by Crippen LogP contribution is 2.18. The van der Waals surface area contributed by atoms with E-state index in [1.54, 1.807) is 31.2 Å². The summed E-state index contributed by atoms with van der Waals surface area (Å²) < 4.78 is 5.06. The van der Waals surface area contributed by atoms with Gasteiger partial charge in [-0.1, -0.05) is 18.2 Å². The molecule has 0 atom stereocenters. The molecule has 0 aromatic heterocycles. The number of esters is 1. The molecule has 0 saturated carbocycles. The Morgan fingerprint density at radius 3 is 2.53 bits per heavy atom. The summed E-state index contributed by atoms with van der Waals surface area (Å²) in [7, 11) is 0. The van der Waals surface area contributed by atoms with Gasteiger partial charge in [0.1, 0.15) is 5.75 Å². The lowest BCUT2D eigenvalue weighted by Crippen LogP contribution is -2.26. The van der Waals surface area contributed by atoms with Crippen molar-refractivity contribution < 1.29 is 14.5 Å². The van der Waals surface area contributed by atoms with Crippen LogP contribution in [-0.4, -0.2) is 24.0 Å². The Labute approximate surface area is 109 Å². The van der Waals surface area contributed by atoms with Crippen LogP contribution in [0.15, 0.2) is 35.8 Å². The molecular formula is C12H13N3O4. The molecule has 0 spiro atoms. The van der Waals surface area contributed by atoms with Gasteiger partial charge in [0.15, 0.2) is 5.82 Å². The maximum Gasteiger partial charge on any atom is 0.419 e. The third-order valence-electron chi connectivity index (χ3n) is 2.64. The minimum Gasteiger partial charge on any atom is -0.418 e. The van der Waals surface area contributed by atoms with Gasteiger partial charge >= 0.3 is 11.7 Å². The largest absolute Gasteiger partial charge is 0.419 e. The number of nitrogens with one attached hydrogen (secondary N) is 2. The maximum atomic E-state index is 11.9. The first-order valence-electron chi connectivity index (χ1n) is 5.74. The quantitative estimate of drug-likeness (QED) is 0.272. The van der Waals surface area contributed by atoms with Crippen LogP contribution in [0.4, 0.5) is 0 Å². The zero-order valence-electron chi connectivity index (χ0n) is 10.3. The van der Waals surface area contributed by atoms with E-state index in [0.717, 1.165) is 5.56 Å². The fourth-order valence-corrected chi connectivity index (χ4v) is 1.69. The van der Waals surface area contributed by atoms with E-state index < -0.39 is 16.6 Å². The molecule has 0 amide bonds. The van der Waals surface area contributed by atoms with Crippen LogP contribution in [0, 0.1) is 17.0 Å². The number of hydrogen-bond donors (Lipinski definition) is 2. The predicted octanol–water partition coefficient (Wildman–Crippen LogP) is 0.539. The van der Waals surface area contributed by atoms with Crippen molar-refractivity contribution in [2.75, 3.05) is 13.1 Å². The summed E-state index contributed by atoms with van der Waals surface area (Å²) >= 11 is 0. The van der Waals surface area contributed by atoms with E-state index >= 15 is 0 Å². The van der Waals surface area contributed by atoms with E-state index in [4.69, 9.17) is 4.74 Å². The van der Waals surface area contributed by atoms with Crippen LogP contribution in [0.5, 0.6) is 5.75 Å². The molecule has 7 heteroatoms. The molecule has 100 valence electrons. The average Bonchev–Trinajstić information content (AvgIpc) is 2.85. The monoisotopic (exact) mass is 263 g/mol. The third kappa shape index (κ3) is 2.82. The molecule has 1 heterocycles. The number of nitro groups is 1. The van der Waals surface area contributed by atoms with Crippen molar-refractivity contribution in [2.45, 2.75) is 6.92 Å². The number of carbonyl (C=O) groups is 1. The van der Waals surface area contributed by atoms with E-state index in [1.165, 1.54) is 0 Å². The molecule has 0 bridgehead atoms. The molecule has 1 fully saturated rings. The molecule has 1 aliphatic rings. The second kappa shape index (κ2) is 5.38. The highest BCUT2D eigenvalue weighted by atomic mass is 16.6. The van der Waals surface area contributed by atoms with Crippen LogP contribution in [-0.2, 0) is 4.79 Å². The fourth-order valence-electron chi connectivity index (χ4n) is 1.69. The highest BCUT2D eigenvalue weighted by molar-refractivity contribution is 5.88. The normalized spacial score (nSPS) is 13.4. The van der Waals surface area contributed by atoms with E-state index in [-0.39, 0.29) is 5.82 Å². The van der Waals surface area contributed by atoms with Gasteiger partial charge in [-0.25, -0.2) is 4.79 Å². The summed E-state index contributed by atoms with van der Waals surface area (Å²) in [6, 6.07) is 6.83. The smallest absolute Gasteiger partial charge is 0.418 e. The number of rotatable bonds is 3. The van der Waals surface area contributed by atoms with E-state index in [0.29, 0.717) is 18.8 Å². The van der Waals surface area contributed by atoms with Crippen LogP contribution in [0.3, 0.4) is 0 Å². The summed E-state index contributed by atoms with van der Waals surface area (Å²) in [6.45, 7) is 2.82. The number of hydrogen-bond acceptors (Lipinski definition) is 6. The summed E-state index contributed by atoms with van der Waals surface area (Å²) in [5, 5.41) is 16.5. The zero-order chi connectivity index (χ0) is 13.8. The molecule has 7 nitrogen and oxygen atoms in total. The van der Waals surface area contributed by atoms with Crippen LogP contribution in [0.2, 0.25) is 0 Å². The second-order valence-electron chi connectivity index (χ2n) is 3.99. The Bertz CT molecular complexity index is 546. The van der Waals surface area contributed by atoms with Crippen molar-refractivity contribution in [1.82, 2.24) is 10.6 Å². The standard InChI is InChI=1S/C12H13N3O4/c1-8-4-2-3-5-9(8)19-12(16)10(15(17)18)11-13-6-7-14-11/h2-5,13-14H,6-7H2,1H3. The molecule has 1 aromatic rings. The molecule has 19 heavy (non-hydrogen) atoms. The number of ether oxygens (including phenoxy) is 1. The lowest BCUT2D eigenvalue weighted by molar-refractivity contribution is -0.422. The molecule has 0 aliphatic carbocycles. The first-order valence-corrected chi connectivity index (χ1v) is 5.74. The number of aryl methyl sites for hydroxylation is 1. The van der Waals surface area contributed by atoms with Crippen molar-refractivity contribution >= 4 is 5.97 Å². The van der Waals surface area contributed by atoms with Crippen molar-refractivity contribution in [3.05, 3.63) is 51.5 Å². The van der Waals surface area contributed by atoms with Gasteiger partial charge in [-0.05, 0) is 18.6 Å². The van der Waals surface area contributed by atoms with Crippen LogP contribution in [0.1, 0.15) is 5.56 Å². The van der Waals surface area contributed by atoms with Crippen molar-refractivity contribution in [3.8, 4) is 5.75 Å². The van der Waals surface area contributed by atoms with Crippen molar-refractivity contribution in [2.24, 2.45) is 0 Å². The van der Waals surface area contributed by atoms with Crippen LogP contribution < -0.4 is 15.4 Å². The van der Waals surface area contributed by atoms with Gasteiger partial charge in [-0.2, -0.15) is 0 Å². The van der Waals surface area contributed by atoms with E-state index in [9.17, 15) is 14.9 Å². The minimum atomic E-state index is -0.990. The van der Waals surface area contributed by atoms with Crippen molar-refractivity contribution in [3.63, 3.8) is 0 Å². The molecule has 0 unspecified atom stereocenters. The molecule has 1 aliphatic heterocycles. The van der Waals surface area contributed by atoms with Gasteiger partial charge in [-0.15, -0.1) is 0 Å². The number of carbonyl (C=O) groups excluding carboxylic acids is 1. The first-order chi connectivity index (χ1) is 9.09. The van der Waals surface area contributed by atoms with Gasteiger partial charge < -0.3 is 15.4 Å². The van der Waals surface area contributed by atoms with Crippen LogP contribution in [0.25, 0.3) is 0 Å². The Kier molecular flexibility index (Phi) is 3.65.